The Morgan fingerprint density at radius 1 is 1.33 bits per heavy atom. The first-order valence-corrected chi connectivity index (χ1v) is 6.43. The number of hydrogen-bond acceptors (Lipinski definition) is 3. The molecule has 0 saturated heterocycles. The van der Waals surface area contributed by atoms with Gasteiger partial charge in [-0.1, -0.05) is 6.07 Å². The van der Waals surface area contributed by atoms with Crippen LogP contribution in [-0.2, 0) is 10.3 Å². The van der Waals surface area contributed by atoms with Crippen molar-refractivity contribution in [1.29, 1.82) is 0 Å². The van der Waals surface area contributed by atoms with Crippen LogP contribution in [0.5, 0.6) is 0 Å². The number of nitrogens with one attached hydrogen (secondary N) is 2. The first kappa shape index (κ1) is 12.4. The third kappa shape index (κ3) is 2.79. The van der Waals surface area contributed by atoms with Crippen molar-refractivity contribution in [2.45, 2.75) is 6.92 Å². The molecule has 0 bridgehead atoms. The highest BCUT2D eigenvalue weighted by atomic mass is 32.2. The largest absolute Gasteiger partial charge is 0.357 e. The molecule has 0 aliphatic heterocycles. The lowest BCUT2D eigenvalue weighted by atomic mass is 10.3. The normalized spacial score (nSPS) is 11.4. The minimum Gasteiger partial charge on any atom is -0.295 e. The van der Waals surface area contributed by atoms with Crippen molar-refractivity contribution in [3.63, 3.8) is 0 Å². The van der Waals surface area contributed by atoms with E-state index in [-0.39, 0.29) is 11.2 Å². The number of anilines is 1. The molecule has 0 unspecified atom stereocenters. The van der Waals surface area contributed by atoms with Crippen LogP contribution < -0.4 is 10.3 Å². The van der Waals surface area contributed by atoms with E-state index in [2.05, 4.69) is 5.10 Å². The van der Waals surface area contributed by atoms with Crippen molar-refractivity contribution in [3.8, 4) is 5.69 Å². The van der Waals surface area contributed by atoms with Crippen LogP contribution in [0.25, 0.3) is 5.69 Å². The molecule has 2 aromatic rings. The zero-order valence-corrected chi connectivity index (χ0v) is 10.2. The number of hydrogen-bond donors (Lipinski definition) is 3. The summed E-state index contributed by atoms with van der Waals surface area (Å²) >= 11 is 0. The van der Waals surface area contributed by atoms with Gasteiger partial charge in [0.25, 0.3) is 5.56 Å². The van der Waals surface area contributed by atoms with Gasteiger partial charge >= 0.3 is 10.3 Å². The fourth-order valence-electron chi connectivity index (χ4n) is 1.56. The van der Waals surface area contributed by atoms with Gasteiger partial charge in [-0.2, -0.15) is 8.42 Å². The molecule has 1 aromatic heterocycles. The minimum atomic E-state index is -4.33. The smallest absolute Gasteiger partial charge is 0.295 e. The number of aryl methyl sites for hydroxylation is 1. The number of aromatic amines is 1. The third-order valence-corrected chi connectivity index (χ3v) is 2.69. The molecule has 7 nitrogen and oxygen atoms in total. The standard InChI is InChI=1S/C10H11N3O4S/c1-7-5-10(14)13(11-7)9-4-2-3-8(6-9)12-18(15,16)17/h2-6,11-12H,1H3,(H,15,16,17). The summed E-state index contributed by atoms with van der Waals surface area (Å²) < 4.78 is 33.2. The highest BCUT2D eigenvalue weighted by Gasteiger charge is 2.07. The van der Waals surface area contributed by atoms with Crippen LogP contribution in [0.2, 0.25) is 0 Å². The molecule has 0 fully saturated rings. The van der Waals surface area contributed by atoms with Crippen LogP contribution >= 0.6 is 0 Å². The maximum atomic E-state index is 11.6. The molecule has 0 spiro atoms. The second kappa shape index (κ2) is 4.31. The van der Waals surface area contributed by atoms with Gasteiger partial charge in [-0.25, -0.2) is 4.68 Å². The van der Waals surface area contributed by atoms with Gasteiger partial charge in [-0.3, -0.25) is 19.2 Å². The first-order valence-electron chi connectivity index (χ1n) is 4.99. The average molecular weight is 269 g/mol. The van der Waals surface area contributed by atoms with Crippen LogP contribution in [0.1, 0.15) is 5.69 Å². The van der Waals surface area contributed by atoms with E-state index >= 15 is 0 Å². The summed E-state index contributed by atoms with van der Waals surface area (Å²) in [7, 11) is -4.33. The van der Waals surface area contributed by atoms with Crippen LogP contribution in [-0.4, -0.2) is 22.8 Å². The molecular weight excluding hydrogens is 258 g/mol. The third-order valence-electron chi connectivity index (χ3n) is 2.20. The Kier molecular flexibility index (Phi) is 2.97. The van der Waals surface area contributed by atoms with Crippen molar-refractivity contribution in [2.75, 3.05) is 4.72 Å². The van der Waals surface area contributed by atoms with Gasteiger partial charge in [-0.15, -0.1) is 0 Å². The van der Waals surface area contributed by atoms with Gasteiger partial charge in [0.2, 0.25) is 0 Å². The predicted molar refractivity (Wildman–Crippen MR) is 66.3 cm³/mol. The summed E-state index contributed by atoms with van der Waals surface area (Å²) in [5.41, 5.74) is 1.06. The Hall–Kier alpha value is -2.06. The number of nitrogens with zero attached hydrogens (tertiary/aromatic N) is 1. The van der Waals surface area contributed by atoms with Crippen LogP contribution in [0.3, 0.4) is 0 Å². The number of aromatic nitrogens is 2. The van der Waals surface area contributed by atoms with Gasteiger partial charge in [0.1, 0.15) is 0 Å². The summed E-state index contributed by atoms with van der Waals surface area (Å²) in [6.07, 6.45) is 0. The topological polar surface area (TPSA) is 104 Å². The molecule has 0 aliphatic carbocycles. The summed E-state index contributed by atoms with van der Waals surface area (Å²) in [4.78, 5) is 11.6. The number of H-pyrrole nitrogens is 1. The van der Waals surface area contributed by atoms with Crippen molar-refractivity contribution < 1.29 is 13.0 Å². The highest BCUT2D eigenvalue weighted by molar-refractivity contribution is 7.87. The Labute approximate surface area is 103 Å². The molecule has 0 atom stereocenters. The molecule has 1 heterocycles. The summed E-state index contributed by atoms with van der Waals surface area (Å²) in [5.74, 6) is 0. The molecule has 0 amide bonds. The van der Waals surface area contributed by atoms with Crippen molar-refractivity contribution >= 4 is 16.0 Å². The fraction of sp³-hybridized carbons (Fsp3) is 0.100. The second-order valence-electron chi connectivity index (χ2n) is 3.74. The Balaban J connectivity index is 2.45. The van der Waals surface area contributed by atoms with E-state index in [1.807, 2.05) is 4.72 Å². The second-order valence-corrected chi connectivity index (χ2v) is 4.89. The predicted octanol–water partition coefficient (Wildman–Crippen LogP) is 0.689. The van der Waals surface area contributed by atoms with Crippen molar-refractivity contribution in [2.24, 2.45) is 0 Å². The van der Waals surface area contributed by atoms with Gasteiger partial charge in [0, 0.05) is 11.8 Å². The van der Waals surface area contributed by atoms with E-state index < -0.39 is 10.3 Å². The van der Waals surface area contributed by atoms with Crippen molar-refractivity contribution in [1.82, 2.24) is 9.78 Å². The summed E-state index contributed by atoms with van der Waals surface area (Å²) in [6, 6.07) is 7.49. The van der Waals surface area contributed by atoms with Crippen LogP contribution in [0.4, 0.5) is 5.69 Å². The Morgan fingerprint density at radius 3 is 2.61 bits per heavy atom. The van der Waals surface area contributed by atoms with E-state index in [1.165, 1.54) is 22.9 Å². The SMILES string of the molecule is Cc1cc(=O)n(-c2cccc(NS(=O)(=O)O)c2)[nH]1. The monoisotopic (exact) mass is 269 g/mol. The quantitative estimate of drug-likeness (QED) is 0.713. The first-order chi connectivity index (χ1) is 8.35. The van der Waals surface area contributed by atoms with Gasteiger partial charge in [0.05, 0.1) is 11.4 Å². The maximum Gasteiger partial charge on any atom is 0.357 e. The Morgan fingerprint density at radius 2 is 2.06 bits per heavy atom. The molecule has 0 saturated carbocycles. The molecule has 1 aromatic carbocycles. The highest BCUT2D eigenvalue weighted by Crippen LogP contribution is 2.13. The van der Waals surface area contributed by atoms with E-state index in [9.17, 15) is 13.2 Å². The lowest BCUT2D eigenvalue weighted by Gasteiger charge is -2.06. The molecule has 8 heteroatoms. The van der Waals surface area contributed by atoms with Crippen molar-refractivity contribution in [3.05, 3.63) is 46.4 Å². The van der Waals surface area contributed by atoms with E-state index in [4.69, 9.17) is 4.55 Å². The summed E-state index contributed by atoms with van der Waals surface area (Å²) in [6.45, 7) is 1.73. The zero-order valence-electron chi connectivity index (χ0n) is 9.41. The lowest BCUT2D eigenvalue weighted by Crippen LogP contribution is -2.14. The number of benzene rings is 1. The van der Waals surface area contributed by atoms with Gasteiger partial charge < -0.3 is 0 Å². The lowest BCUT2D eigenvalue weighted by molar-refractivity contribution is 0.489. The molecule has 0 radical (unpaired) electrons. The molecule has 0 aliphatic rings. The fourth-order valence-corrected chi connectivity index (χ4v) is 1.99. The molecule has 3 N–H and O–H groups in total. The molecule has 18 heavy (non-hydrogen) atoms. The van der Waals surface area contributed by atoms with Crippen LogP contribution in [0.15, 0.2) is 35.1 Å². The minimum absolute atomic E-state index is 0.161. The average Bonchev–Trinajstić information content (AvgIpc) is 2.55. The zero-order chi connectivity index (χ0) is 13.3. The molecule has 96 valence electrons. The van der Waals surface area contributed by atoms with E-state index in [0.717, 1.165) is 0 Å². The van der Waals surface area contributed by atoms with E-state index in [0.29, 0.717) is 11.4 Å². The van der Waals surface area contributed by atoms with Gasteiger partial charge in [-0.05, 0) is 25.1 Å². The summed E-state index contributed by atoms with van der Waals surface area (Å²) in [5, 5.41) is 2.82. The molecule has 2 rings (SSSR count). The maximum absolute atomic E-state index is 11.6. The Bertz CT molecular complexity index is 730. The van der Waals surface area contributed by atoms with Crippen LogP contribution in [0, 0.1) is 6.92 Å². The molecular formula is C10H11N3O4S. The van der Waals surface area contributed by atoms with Gasteiger partial charge in [0.15, 0.2) is 0 Å². The number of rotatable bonds is 3. The van der Waals surface area contributed by atoms with E-state index in [1.54, 1.807) is 19.1 Å².